The van der Waals surface area contributed by atoms with Crippen LogP contribution in [0.4, 0.5) is 0 Å². The summed E-state index contributed by atoms with van der Waals surface area (Å²) in [5.74, 6) is 0.787. The molecule has 1 saturated carbocycles. The van der Waals surface area contributed by atoms with Crippen LogP contribution in [0.2, 0.25) is 0 Å². The largest absolute Gasteiger partial charge is 0.481 e. The van der Waals surface area contributed by atoms with Crippen LogP contribution in [0.25, 0.3) is 0 Å². The van der Waals surface area contributed by atoms with Crippen molar-refractivity contribution in [3.63, 3.8) is 0 Å². The predicted molar refractivity (Wildman–Crippen MR) is 78.4 cm³/mol. The van der Waals surface area contributed by atoms with Gasteiger partial charge in [-0.25, -0.2) is 0 Å². The zero-order valence-electron chi connectivity index (χ0n) is 11.9. The molecule has 110 valence electrons. The molecule has 0 aromatic carbocycles. The van der Waals surface area contributed by atoms with Crippen LogP contribution in [0.15, 0.2) is 0 Å². The average molecular weight is 287 g/mol. The van der Waals surface area contributed by atoms with E-state index in [1.807, 2.05) is 11.8 Å². The summed E-state index contributed by atoms with van der Waals surface area (Å²) in [6.45, 7) is 4.19. The van der Waals surface area contributed by atoms with E-state index in [1.54, 1.807) is 11.8 Å². The number of thioether (sulfide) groups is 1. The Morgan fingerprint density at radius 2 is 2.05 bits per heavy atom. The maximum Gasteiger partial charge on any atom is 0.308 e. The number of carbonyl (C=O) groups excluding carboxylic acids is 1. The molecule has 1 aliphatic carbocycles. The SMILES string of the molecule is CCCCSCCC(=O)N(CC(C)C(=O)O)C1CC1. The van der Waals surface area contributed by atoms with E-state index in [2.05, 4.69) is 6.92 Å². The van der Waals surface area contributed by atoms with E-state index in [4.69, 9.17) is 5.11 Å². The summed E-state index contributed by atoms with van der Waals surface area (Å²) in [6, 6.07) is 0.301. The minimum atomic E-state index is -0.823. The molecule has 0 saturated heterocycles. The highest BCUT2D eigenvalue weighted by molar-refractivity contribution is 7.99. The quantitative estimate of drug-likeness (QED) is 0.628. The van der Waals surface area contributed by atoms with E-state index in [-0.39, 0.29) is 5.91 Å². The Morgan fingerprint density at radius 1 is 1.37 bits per heavy atom. The van der Waals surface area contributed by atoms with Gasteiger partial charge in [0.1, 0.15) is 0 Å². The molecule has 0 aromatic heterocycles. The zero-order chi connectivity index (χ0) is 14.3. The highest BCUT2D eigenvalue weighted by atomic mass is 32.2. The number of carboxylic acid groups (broad SMARTS) is 1. The first-order valence-corrected chi connectivity index (χ1v) is 8.31. The molecule has 0 spiro atoms. The van der Waals surface area contributed by atoms with Gasteiger partial charge in [0.05, 0.1) is 5.92 Å². The van der Waals surface area contributed by atoms with Crippen LogP contribution in [0, 0.1) is 5.92 Å². The molecule has 1 unspecified atom stereocenters. The highest BCUT2D eigenvalue weighted by Gasteiger charge is 2.33. The first kappa shape index (κ1) is 16.3. The van der Waals surface area contributed by atoms with Crippen LogP contribution in [-0.4, -0.2) is 46.0 Å². The van der Waals surface area contributed by atoms with Gasteiger partial charge in [0, 0.05) is 24.8 Å². The summed E-state index contributed by atoms with van der Waals surface area (Å²) >= 11 is 1.82. The lowest BCUT2D eigenvalue weighted by Crippen LogP contribution is -2.38. The second kappa shape index (κ2) is 8.46. The van der Waals surface area contributed by atoms with Crippen molar-refractivity contribution in [2.24, 2.45) is 5.92 Å². The second-order valence-corrected chi connectivity index (χ2v) is 6.46. The fourth-order valence-corrected chi connectivity index (χ4v) is 2.88. The third kappa shape index (κ3) is 6.32. The number of nitrogens with zero attached hydrogens (tertiary/aromatic N) is 1. The molecule has 19 heavy (non-hydrogen) atoms. The first-order valence-electron chi connectivity index (χ1n) is 7.16. The molecule has 0 heterocycles. The van der Waals surface area contributed by atoms with Crippen molar-refractivity contribution in [3.05, 3.63) is 0 Å². The lowest BCUT2D eigenvalue weighted by molar-refractivity contribution is -0.143. The molecule has 1 atom stereocenters. The molecule has 1 aliphatic rings. The Morgan fingerprint density at radius 3 is 2.58 bits per heavy atom. The minimum absolute atomic E-state index is 0.125. The summed E-state index contributed by atoms with van der Waals surface area (Å²) in [6.07, 6.45) is 4.98. The molecular formula is C14H25NO3S. The van der Waals surface area contributed by atoms with Crippen molar-refractivity contribution in [3.8, 4) is 0 Å². The van der Waals surface area contributed by atoms with Gasteiger partial charge >= 0.3 is 5.97 Å². The molecule has 0 radical (unpaired) electrons. The van der Waals surface area contributed by atoms with Crippen molar-refractivity contribution < 1.29 is 14.7 Å². The number of aliphatic carboxylic acids is 1. The van der Waals surface area contributed by atoms with Gasteiger partial charge in [0.2, 0.25) is 5.91 Å². The summed E-state index contributed by atoms with van der Waals surface area (Å²) in [5, 5.41) is 8.95. The molecule has 1 fully saturated rings. The maximum absolute atomic E-state index is 12.1. The lowest BCUT2D eigenvalue weighted by atomic mass is 10.1. The second-order valence-electron chi connectivity index (χ2n) is 5.23. The lowest BCUT2D eigenvalue weighted by Gasteiger charge is -2.24. The van der Waals surface area contributed by atoms with Gasteiger partial charge in [-0.2, -0.15) is 11.8 Å². The number of carboxylic acids is 1. The summed E-state index contributed by atoms with van der Waals surface area (Å²) in [5.41, 5.74) is 0. The summed E-state index contributed by atoms with van der Waals surface area (Å²) < 4.78 is 0. The van der Waals surface area contributed by atoms with Gasteiger partial charge in [-0.3, -0.25) is 9.59 Å². The molecule has 1 amide bonds. The van der Waals surface area contributed by atoms with Crippen molar-refractivity contribution in [1.29, 1.82) is 0 Å². The van der Waals surface area contributed by atoms with E-state index in [9.17, 15) is 9.59 Å². The zero-order valence-corrected chi connectivity index (χ0v) is 12.7. The highest BCUT2D eigenvalue weighted by Crippen LogP contribution is 2.28. The molecule has 4 nitrogen and oxygen atoms in total. The Bertz CT molecular complexity index is 305. The topological polar surface area (TPSA) is 57.6 Å². The van der Waals surface area contributed by atoms with Crippen molar-refractivity contribution in [2.45, 2.75) is 52.0 Å². The number of rotatable bonds is 10. The molecule has 0 bridgehead atoms. The van der Waals surface area contributed by atoms with E-state index < -0.39 is 11.9 Å². The van der Waals surface area contributed by atoms with Gasteiger partial charge in [-0.15, -0.1) is 0 Å². The molecule has 0 aromatic rings. The Hall–Kier alpha value is -0.710. The molecular weight excluding hydrogens is 262 g/mol. The Labute approximate surface area is 119 Å². The van der Waals surface area contributed by atoms with Crippen LogP contribution in [0.3, 0.4) is 0 Å². The fourth-order valence-electron chi connectivity index (χ4n) is 1.87. The summed E-state index contributed by atoms with van der Waals surface area (Å²) in [7, 11) is 0. The number of amides is 1. The van der Waals surface area contributed by atoms with Crippen molar-refractivity contribution in [1.82, 2.24) is 4.90 Å². The van der Waals surface area contributed by atoms with Gasteiger partial charge in [0.15, 0.2) is 0 Å². The van der Waals surface area contributed by atoms with Crippen LogP contribution >= 0.6 is 11.8 Å². The van der Waals surface area contributed by atoms with Crippen molar-refractivity contribution >= 4 is 23.6 Å². The Kier molecular flexibility index (Phi) is 7.28. The smallest absolute Gasteiger partial charge is 0.308 e. The standard InChI is InChI=1S/C14H25NO3S/c1-3-4-8-19-9-7-13(16)15(12-5-6-12)10-11(2)14(17)18/h11-12H,3-10H2,1-2H3,(H,17,18). The van der Waals surface area contributed by atoms with Crippen LogP contribution in [-0.2, 0) is 9.59 Å². The van der Waals surface area contributed by atoms with E-state index in [0.29, 0.717) is 19.0 Å². The average Bonchev–Trinajstić information content (AvgIpc) is 3.19. The number of carbonyl (C=O) groups is 2. The van der Waals surface area contributed by atoms with E-state index >= 15 is 0 Å². The molecule has 0 aliphatic heterocycles. The van der Waals surface area contributed by atoms with Gasteiger partial charge in [-0.1, -0.05) is 20.3 Å². The molecule has 1 rings (SSSR count). The van der Waals surface area contributed by atoms with Crippen LogP contribution < -0.4 is 0 Å². The third-order valence-corrected chi connectivity index (χ3v) is 4.37. The fraction of sp³-hybridized carbons (Fsp3) is 0.857. The first-order chi connectivity index (χ1) is 9.06. The maximum atomic E-state index is 12.1. The van der Waals surface area contributed by atoms with Gasteiger partial charge in [0.25, 0.3) is 0 Å². The molecule has 5 heteroatoms. The monoisotopic (exact) mass is 287 g/mol. The summed E-state index contributed by atoms with van der Waals surface area (Å²) in [4.78, 5) is 24.8. The van der Waals surface area contributed by atoms with Crippen LogP contribution in [0.1, 0.15) is 46.0 Å². The van der Waals surface area contributed by atoms with Gasteiger partial charge < -0.3 is 10.0 Å². The number of unbranched alkanes of at least 4 members (excludes halogenated alkanes) is 1. The minimum Gasteiger partial charge on any atom is -0.481 e. The van der Waals surface area contributed by atoms with Gasteiger partial charge in [-0.05, 0) is 25.0 Å². The molecule has 1 N–H and O–H groups in total. The third-order valence-electron chi connectivity index (χ3n) is 3.30. The van der Waals surface area contributed by atoms with Crippen molar-refractivity contribution in [2.75, 3.05) is 18.1 Å². The number of hydrogen-bond donors (Lipinski definition) is 1. The van der Waals surface area contributed by atoms with E-state index in [1.165, 1.54) is 12.8 Å². The normalized spacial score (nSPS) is 16.1. The van der Waals surface area contributed by atoms with Crippen LogP contribution in [0.5, 0.6) is 0 Å². The van der Waals surface area contributed by atoms with E-state index in [0.717, 1.165) is 24.3 Å². The number of hydrogen-bond acceptors (Lipinski definition) is 3. The Balaban J connectivity index is 2.30. The predicted octanol–water partition coefficient (Wildman–Crippen LogP) is 2.62.